The highest BCUT2D eigenvalue weighted by Gasteiger charge is 2.33. The number of primary sulfonamides is 1. The van der Waals surface area contributed by atoms with Gasteiger partial charge in [0.05, 0.1) is 0 Å². The Labute approximate surface area is 117 Å². The van der Waals surface area contributed by atoms with E-state index in [0.717, 1.165) is 30.4 Å². The molecule has 1 aromatic heterocycles. The summed E-state index contributed by atoms with van der Waals surface area (Å²) in [5, 5.41) is 13.0. The maximum atomic E-state index is 11.6. The molecular formula is C13H16N4O2S. The van der Waals surface area contributed by atoms with Crippen molar-refractivity contribution in [2.24, 2.45) is 5.14 Å². The van der Waals surface area contributed by atoms with Gasteiger partial charge in [0.2, 0.25) is 0 Å². The van der Waals surface area contributed by atoms with Crippen molar-refractivity contribution in [2.75, 3.05) is 0 Å². The molecule has 1 saturated carbocycles. The number of sulfonamides is 1. The fourth-order valence-electron chi connectivity index (χ4n) is 2.36. The Morgan fingerprint density at radius 2 is 2.00 bits per heavy atom. The Morgan fingerprint density at radius 1 is 1.30 bits per heavy atom. The van der Waals surface area contributed by atoms with Crippen LogP contribution in [0, 0.1) is 0 Å². The van der Waals surface area contributed by atoms with Gasteiger partial charge in [-0.3, -0.25) is 4.57 Å². The van der Waals surface area contributed by atoms with E-state index in [1.54, 1.807) is 4.57 Å². The zero-order chi connectivity index (χ0) is 14.3. The minimum atomic E-state index is -3.86. The lowest BCUT2D eigenvalue weighted by molar-refractivity contribution is 0.567. The second-order valence-corrected chi connectivity index (χ2v) is 6.42. The number of rotatable bonds is 4. The fourth-order valence-corrected chi connectivity index (χ4v) is 3.03. The van der Waals surface area contributed by atoms with E-state index in [9.17, 15) is 8.42 Å². The number of aryl methyl sites for hydroxylation is 1. The third kappa shape index (κ3) is 2.23. The molecule has 7 heteroatoms. The molecule has 0 saturated heterocycles. The number of hydrogen-bond acceptors (Lipinski definition) is 4. The second kappa shape index (κ2) is 4.68. The second-order valence-electron chi connectivity index (χ2n) is 4.96. The molecule has 0 radical (unpaired) electrons. The summed E-state index contributed by atoms with van der Waals surface area (Å²) in [4.78, 5) is 0. The van der Waals surface area contributed by atoms with Crippen LogP contribution in [0.1, 0.15) is 31.4 Å². The van der Waals surface area contributed by atoms with Crippen molar-refractivity contribution in [1.29, 1.82) is 0 Å². The molecule has 3 rings (SSSR count). The van der Waals surface area contributed by atoms with Gasteiger partial charge < -0.3 is 0 Å². The third-order valence-electron chi connectivity index (χ3n) is 3.47. The van der Waals surface area contributed by atoms with E-state index in [2.05, 4.69) is 17.1 Å². The van der Waals surface area contributed by atoms with Gasteiger partial charge in [-0.05, 0) is 24.8 Å². The summed E-state index contributed by atoms with van der Waals surface area (Å²) in [6.45, 7) is 2.05. The summed E-state index contributed by atoms with van der Waals surface area (Å²) in [5.41, 5.74) is 2.03. The molecule has 1 heterocycles. The summed E-state index contributed by atoms with van der Waals surface area (Å²) < 4.78 is 24.9. The van der Waals surface area contributed by atoms with Gasteiger partial charge in [0.1, 0.15) is 0 Å². The maximum Gasteiger partial charge on any atom is 0.273 e. The number of nitrogens with two attached hydrogens (primary N) is 1. The van der Waals surface area contributed by atoms with Crippen LogP contribution < -0.4 is 5.14 Å². The predicted molar refractivity (Wildman–Crippen MR) is 74.5 cm³/mol. The Hall–Kier alpha value is -1.73. The molecule has 0 unspecified atom stereocenters. The first kappa shape index (κ1) is 13.3. The molecule has 0 atom stereocenters. The van der Waals surface area contributed by atoms with Crippen molar-refractivity contribution < 1.29 is 8.42 Å². The highest BCUT2D eigenvalue weighted by Crippen LogP contribution is 2.40. The first-order valence-electron chi connectivity index (χ1n) is 6.58. The van der Waals surface area contributed by atoms with Gasteiger partial charge in [0.15, 0.2) is 5.82 Å². The van der Waals surface area contributed by atoms with Crippen LogP contribution in [0.4, 0.5) is 0 Å². The molecule has 0 spiro atoms. The summed E-state index contributed by atoms with van der Waals surface area (Å²) in [6, 6.07) is 7.96. The summed E-state index contributed by atoms with van der Waals surface area (Å²) in [5.74, 6) is 0.592. The van der Waals surface area contributed by atoms with Gasteiger partial charge in [0, 0.05) is 11.6 Å². The van der Waals surface area contributed by atoms with Gasteiger partial charge in [-0.15, -0.1) is 10.2 Å². The molecule has 1 fully saturated rings. The van der Waals surface area contributed by atoms with Crippen LogP contribution in [0.2, 0.25) is 0 Å². The molecule has 2 N–H and O–H groups in total. The Kier molecular flexibility index (Phi) is 3.10. The van der Waals surface area contributed by atoms with Crippen LogP contribution in [-0.2, 0) is 16.4 Å². The molecule has 0 bridgehead atoms. The summed E-state index contributed by atoms with van der Waals surface area (Å²) in [7, 11) is -3.86. The highest BCUT2D eigenvalue weighted by molar-refractivity contribution is 7.89. The molecule has 1 aliphatic carbocycles. The molecule has 1 aliphatic rings. The number of aromatic nitrogens is 3. The number of hydrogen-bond donors (Lipinski definition) is 1. The first-order valence-corrected chi connectivity index (χ1v) is 8.13. The van der Waals surface area contributed by atoms with Crippen LogP contribution >= 0.6 is 0 Å². The summed E-state index contributed by atoms with van der Waals surface area (Å²) in [6.07, 6.45) is 2.71. The standard InChI is InChI=1S/C13H16N4O2S/c1-2-9-5-3-4-6-11(9)12-15-16-13(20(14,18)19)17(12)10-7-8-10/h3-6,10H,2,7-8H2,1H3,(H2,14,18,19). The van der Waals surface area contributed by atoms with Gasteiger partial charge in [-0.25, -0.2) is 13.6 Å². The van der Waals surface area contributed by atoms with E-state index in [0.29, 0.717) is 5.82 Å². The molecule has 0 aliphatic heterocycles. The van der Waals surface area contributed by atoms with Crippen molar-refractivity contribution in [3.8, 4) is 11.4 Å². The lowest BCUT2D eigenvalue weighted by atomic mass is 10.0. The molecule has 20 heavy (non-hydrogen) atoms. The Balaban J connectivity index is 2.22. The zero-order valence-corrected chi connectivity index (χ0v) is 12.0. The quantitative estimate of drug-likeness (QED) is 0.924. The lowest BCUT2D eigenvalue weighted by Crippen LogP contribution is -2.18. The average molecular weight is 292 g/mol. The van der Waals surface area contributed by atoms with Gasteiger partial charge in [-0.1, -0.05) is 31.2 Å². The number of nitrogens with zero attached hydrogens (tertiary/aromatic N) is 3. The highest BCUT2D eigenvalue weighted by atomic mass is 32.2. The number of benzene rings is 1. The van der Waals surface area contributed by atoms with Gasteiger partial charge in [0.25, 0.3) is 15.2 Å². The van der Waals surface area contributed by atoms with E-state index in [1.807, 2.05) is 24.3 Å². The van der Waals surface area contributed by atoms with E-state index < -0.39 is 10.0 Å². The van der Waals surface area contributed by atoms with Crippen molar-refractivity contribution in [3.63, 3.8) is 0 Å². The molecule has 1 aromatic carbocycles. The molecule has 0 amide bonds. The predicted octanol–water partition coefficient (Wildman–Crippen LogP) is 1.49. The van der Waals surface area contributed by atoms with Crippen LogP contribution in [-0.4, -0.2) is 23.2 Å². The van der Waals surface area contributed by atoms with Crippen molar-refractivity contribution in [1.82, 2.24) is 14.8 Å². The van der Waals surface area contributed by atoms with Crippen LogP contribution in [0.5, 0.6) is 0 Å². The van der Waals surface area contributed by atoms with E-state index in [1.165, 1.54) is 0 Å². The molecule has 6 nitrogen and oxygen atoms in total. The normalized spacial score (nSPS) is 15.5. The molecular weight excluding hydrogens is 276 g/mol. The topological polar surface area (TPSA) is 90.9 Å². The van der Waals surface area contributed by atoms with Crippen molar-refractivity contribution >= 4 is 10.0 Å². The minimum Gasteiger partial charge on any atom is -0.294 e. The minimum absolute atomic E-state index is 0.137. The van der Waals surface area contributed by atoms with E-state index >= 15 is 0 Å². The monoisotopic (exact) mass is 292 g/mol. The smallest absolute Gasteiger partial charge is 0.273 e. The fraction of sp³-hybridized carbons (Fsp3) is 0.385. The maximum absolute atomic E-state index is 11.6. The molecule has 2 aromatic rings. The Bertz CT molecular complexity index is 747. The molecule has 106 valence electrons. The van der Waals surface area contributed by atoms with Crippen molar-refractivity contribution in [3.05, 3.63) is 29.8 Å². The third-order valence-corrected chi connectivity index (χ3v) is 4.26. The lowest BCUT2D eigenvalue weighted by Gasteiger charge is -2.10. The first-order chi connectivity index (χ1) is 9.52. The Morgan fingerprint density at radius 3 is 2.60 bits per heavy atom. The van der Waals surface area contributed by atoms with Crippen LogP contribution in [0.15, 0.2) is 29.4 Å². The van der Waals surface area contributed by atoms with Gasteiger partial charge >= 0.3 is 0 Å². The van der Waals surface area contributed by atoms with Crippen LogP contribution in [0.3, 0.4) is 0 Å². The SMILES string of the molecule is CCc1ccccc1-c1nnc(S(N)(=O)=O)n1C1CC1. The van der Waals surface area contributed by atoms with Crippen LogP contribution in [0.25, 0.3) is 11.4 Å². The van der Waals surface area contributed by atoms with E-state index in [4.69, 9.17) is 5.14 Å². The van der Waals surface area contributed by atoms with E-state index in [-0.39, 0.29) is 11.2 Å². The largest absolute Gasteiger partial charge is 0.294 e. The van der Waals surface area contributed by atoms with Crippen molar-refractivity contribution in [2.45, 2.75) is 37.4 Å². The van der Waals surface area contributed by atoms with Gasteiger partial charge in [-0.2, -0.15) is 0 Å². The summed E-state index contributed by atoms with van der Waals surface area (Å²) >= 11 is 0. The average Bonchev–Trinajstić information content (AvgIpc) is 3.15. The zero-order valence-electron chi connectivity index (χ0n) is 11.2.